The van der Waals surface area contributed by atoms with Gasteiger partial charge in [-0.1, -0.05) is 55.5 Å². The molecule has 21 heavy (non-hydrogen) atoms. The number of rotatable bonds is 6. The van der Waals surface area contributed by atoms with Crippen LogP contribution in [-0.2, 0) is 17.8 Å². The van der Waals surface area contributed by atoms with Crippen LogP contribution in [0.1, 0.15) is 24.5 Å². The summed E-state index contributed by atoms with van der Waals surface area (Å²) >= 11 is 0. The number of carbonyl (C=O) groups is 1. The lowest BCUT2D eigenvalue weighted by Crippen LogP contribution is -2.32. The van der Waals surface area contributed by atoms with E-state index in [1.807, 2.05) is 37.3 Å². The maximum atomic E-state index is 13.7. The van der Waals surface area contributed by atoms with E-state index < -0.39 is 0 Å². The molecule has 0 N–H and O–H groups in total. The zero-order chi connectivity index (χ0) is 15.1. The van der Waals surface area contributed by atoms with Crippen LogP contribution in [0.3, 0.4) is 0 Å². The molecular formula is C18H20FNO. The van der Waals surface area contributed by atoms with Crippen molar-refractivity contribution in [2.24, 2.45) is 0 Å². The van der Waals surface area contributed by atoms with E-state index in [0.717, 1.165) is 12.0 Å². The molecule has 2 rings (SSSR count). The SMILES string of the molecule is CCCN(Cc1ccccc1)C(=O)Cc1ccccc1F. The van der Waals surface area contributed by atoms with Crippen molar-refractivity contribution in [3.8, 4) is 0 Å². The van der Waals surface area contributed by atoms with E-state index in [2.05, 4.69) is 0 Å². The third kappa shape index (κ3) is 4.42. The van der Waals surface area contributed by atoms with E-state index in [1.54, 1.807) is 23.1 Å². The maximum absolute atomic E-state index is 13.7. The zero-order valence-corrected chi connectivity index (χ0v) is 12.3. The maximum Gasteiger partial charge on any atom is 0.227 e. The molecule has 0 unspecified atom stereocenters. The molecule has 0 atom stereocenters. The first-order valence-corrected chi connectivity index (χ1v) is 7.25. The van der Waals surface area contributed by atoms with Crippen LogP contribution in [0.25, 0.3) is 0 Å². The summed E-state index contributed by atoms with van der Waals surface area (Å²) in [6.07, 6.45) is 0.995. The van der Waals surface area contributed by atoms with Gasteiger partial charge in [0.15, 0.2) is 0 Å². The molecule has 1 amide bonds. The Morgan fingerprint density at radius 2 is 1.71 bits per heavy atom. The number of halogens is 1. The lowest BCUT2D eigenvalue weighted by Gasteiger charge is -2.22. The summed E-state index contributed by atoms with van der Waals surface area (Å²) in [7, 11) is 0. The highest BCUT2D eigenvalue weighted by molar-refractivity contribution is 5.78. The second kappa shape index (κ2) is 7.58. The average molecular weight is 285 g/mol. The Balaban J connectivity index is 2.07. The number of hydrogen-bond acceptors (Lipinski definition) is 1. The summed E-state index contributed by atoms with van der Waals surface area (Å²) in [5, 5.41) is 0. The van der Waals surface area contributed by atoms with Crippen LogP contribution in [0, 0.1) is 5.82 Å². The lowest BCUT2D eigenvalue weighted by molar-refractivity contribution is -0.131. The second-order valence-electron chi connectivity index (χ2n) is 5.07. The molecule has 0 aromatic heterocycles. The fourth-order valence-corrected chi connectivity index (χ4v) is 2.28. The first kappa shape index (κ1) is 15.2. The normalized spacial score (nSPS) is 10.4. The van der Waals surface area contributed by atoms with Gasteiger partial charge in [-0.2, -0.15) is 0 Å². The zero-order valence-electron chi connectivity index (χ0n) is 12.3. The van der Waals surface area contributed by atoms with E-state index in [4.69, 9.17) is 0 Å². The number of nitrogens with zero attached hydrogens (tertiary/aromatic N) is 1. The van der Waals surface area contributed by atoms with Gasteiger partial charge in [-0.25, -0.2) is 4.39 Å². The second-order valence-corrected chi connectivity index (χ2v) is 5.07. The largest absolute Gasteiger partial charge is 0.338 e. The summed E-state index contributed by atoms with van der Waals surface area (Å²) in [4.78, 5) is 14.2. The van der Waals surface area contributed by atoms with Crippen LogP contribution in [0.4, 0.5) is 4.39 Å². The fraction of sp³-hybridized carbons (Fsp3) is 0.278. The molecule has 3 heteroatoms. The van der Waals surface area contributed by atoms with Gasteiger partial charge in [0.25, 0.3) is 0 Å². The highest BCUT2D eigenvalue weighted by Gasteiger charge is 2.15. The Morgan fingerprint density at radius 3 is 2.38 bits per heavy atom. The molecule has 0 aliphatic carbocycles. The van der Waals surface area contributed by atoms with E-state index in [1.165, 1.54) is 6.07 Å². The van der Waals surface area contributed by atoms with Crippen molar-refractivity contribution in [1.29, 1.82) is 0 Å². The van der Waals surface area contributed by atoms with Crippen molar-refractivity contribution in [1.82, 2.24) is 4.90 Å². The minimum Gasteiger partial charge on any atom is -0.338 e. The highest BCUT2D eigenvalue weighted by atomic mass is 19.1. The fourth-order valence-electron chi connectivity index (χ4n) is 2.28. The average Bonchev–Trinajstić information content (AvgIpc) is 2.50. The molecule has 2 nitrogen and oxygen atoms in total. The molecule has 0 radical (unpaired) electrons. The van der Waals surface area contributed by atoms with Crippen molar-refractivity contribution in [2.75, 3.05) is 6.54 Å². The first-order chi connectivity index (χ1) is 10.2. The van der Waals surface area contributed by atoms with Crippen molar-refractivity contribution in [2.45, 2.75) is 26.3 Å². The Labute approximate surface area is 125 Å². The summed E-state index contributed by atoms with van der Waals surface area (Å²) in [5.41, 5.74) is 1.55. The molecule has 0 bridgehead atoms. The van der Waals surface area contributed by atoms with Gasteiger partial charge in [-0.05, 0) is 23.6 Å². The Morgan fingerprint density at radius 1 is 1.05 bits per heavy atom. The van der Waals surface area contributed by atoms with E-state index >= 15 is 0 Å². The standard InChI is InChI=1S/C18H20FNO/c1-2-12-20(14-15-8-4-3-5-9-15)18(21)13-16-10-6-7-11-17(16)19/h3-11H,2,12-14H2,1H3. The number of amides is 1. The van der Waals surface area contributed by atoms with Gasteiger partial charge in [0.2, 0.25) is 5.91 Å². The predicted octanol–water partition coefficient (Wildman–Crippen LogP) is 3.81. The highest BCUT2D eigenvalue weighted by Crippen LogP contribution is 2.11. The Hall–Kier alpha value is -2.16. The monoisotopic (exact) mass is 285 g/mol. The topological polar surface area (TPSA) is 20.3 Å². The van der Waals surface area contributed by atoms with Crippen LogP contribution in [0.15, 0.2) is 54.6 Å². The van der Waals surface area contributed by atoms with Crippen LogP contribution in [0.5, 0.6) is 0 Å². The predicted molar refractivity (Wildman–Crippen MR) is 82.3 cm³/mol. The number of benzene rings is 2. The molecule has 110 valence electrons. The van der Waals surface area contributed by atoms with E-state index in [-0.39, 0.29) is 18.1 Å². The van der Waals surface area contributed by atoms with Gasteiger partial charge < -0.3 is 4.90 Å². The molecule has 0 saturated carbocycles. The van der Waals surface area contributed by atoms with E-state index in [9.17, 15) is 9.18 Å². The van der Waals surface area contributed by atoms with Crippen molar-refractivity contribution >= 4 is 5.91 Å². The Kier molecular flexibility index (Phi) is 5.50. The lowest BCUT2D eigenvalue weighted by atomic mass is 10.1. The molecule has 0 aliphatic heterocycles. The van der Waals surface area contributed by atoms with Gasteiger partial charge in [0, 0.05) is 13.1 Å². The number of hydrogen-bond donors (Lipinski definition) is 0. The molecule has 0 saturated heterocycles. The summed E-state index contributed by atoms with van der Waals surface area (Å²) in [6, 6.07) is 16.3. The molecule has 2 aromatic carbocycles. The van der Waals surface area contributed by atoms with Crippen LogP contribution in [0.2, 0.25) is 0 Å². The van der Waals surface area contributed by atoms with Gasteiger partial charge in [-0.3, -0.25) is 4.79 Å². The van der Waals surface area contributed by atoms with Crippen LogP contribution in [-0.4, -0.2) is 17.4 Å². The quantitative estimate of drug-likeness (QED) is 0.790. The van der Waals surface area contributed by atoms with Crippen LogP contribution < -0.4 is 0 Å². The van der Waals surface area contributed by atoms with Crippen molar-refractivity contribution in [3.05, 3.63) is 71.5 Å². The third-order valence-corrected chi connectivity index (χ3v) is 3.36. The molecule has 0 fully saturated rings. The van der Waals surface area contributed by atoms with Gasteiger partial charge in [0.05, 0.1) is 6.42 Å². The summed E-state index contributed by atoms with van der Waals surface area (Å²) < 4.78 is 13.7. The first-order valence-electron chi connectivity index (χ1n) is 7.25. The van der Waals surface area contributed by atoms with Crippen molar-refractivity contribution in [3.63, 3.8) is 0 Å². The summed E-state index contributed by atoms with van der Waals surface area (Å²) in [6.45, 7) is 3.29. The number of carbonyl (C=O) groups excluding carboxylic acids is 1. The Bertz CT molecular complexity index is 583. The van der Waals surface area contributed by atoms with Gasteiger partial charge >= 0.3 is 0 Å². The molecule has 0 spiro atoms. The molecular weight excluding hydrogens is 265 g/mol. The minimum absolute atomic E-state index is 0.0363. The van der Waals surface area contributed by atoms with Gasteiger partial charge in [-0.15, -0.1) is 0 Å². The van der Waals surface area contributed by atoms with E-state index in [0.29, 0.717) is 18.7 Å². The smallest absolute Gasteiger partial charge is 0.227 e. The molecule has 0 heterocycles. The van der Waals surface area contributed by atoms with Crippen LogP contribution >= 0.6 is 0 Å². The minimum atomic E-state index is -0.318. The molecule has 0 aliphatic rings. The summed E-state index contributed by atoms with van der Waals surface area (Å²) in [5.74, 6) is -0.354. The molecule has 2 aromatic rings. The van der Waals surface area contributed by atoms with Gasteiger partial charge in [0.1, 0.15) is 5.82 Å². The third-order valence-electron chi connectivity index (χ3n) is 3.36. The van der Waals surface area contributed by atoms with Crippen molar-refractivity contribution < 1.29 is 9.18 Å².